The van der Waals surface area contributed by atoms with Crippen LogP contribution in [-0.2, 0) is 18.3 Å². The second kappa shape index (κ2) is 9.40. The number of nitrogens with zero attached hydrogens (tertiary/aromatic N) is 4. The van der Waals surface area contributed by atoms with Gasteiger partial charge in [0.25, 0.3) is 5.91 Å². The standard InChI is InChI=1S/C24H26FN5O3/c1-15-3-5-16(6-4-15)9-22(31)30-8-7-21(19(25)12-30)33-24-18(23(26)32)10-17(11-27-24)20-13-29(2)14-28-20/h3-6,10-11,13-14,19,21H,7-9,12H2,1-2H3,(H2,26,32)/t19-,21+/m1/s1. The van der Waals surface area contributed by atoms with Crippen LogP contribution in [0.2, 0.25) is 0 Å². The molecule has 2 N–H and O–H groups in total. The van der Waals surface area contributed by atoms with Crippen molar-refractivity contribution in [1.82, 2.24) is 19.4 Å². The van der Waals surface area contributed by atoms with E-state index >= 15 is 0 Å². The summed E-state index contributed by atoms with van der Waals surface area (Å²) in [6.45, 7) is 2.26. The molecule has 4 rings (SSSR count). The van der Waals surface area contributed by atoms with Crippen LogP contribution in [0.15, 0.2) is 49.1 Å². The Morgan fingerprint density at radius 3 is 2.64 bits per heavy atom. The molecule has 3 aromatic rings. The average molecular weight is 452 g/mol. The van der Waals surface area contributed by atoms with Gasteiger partial charge < -0.3 is 19.9 Å². The number of pyridine rings is 1. The van der Waals surface area contributed by atoms with E-state index in [-0.39, 0.29) is 36.7 Å². The van der Waals surface area contributed by atoms with Crippen LogP contribution in [0, 0.1) is 6.92 Å². The molecule has 1 aliphatic rings. The van der Waals surface area contributed by atoms with Crippen molar-refractivity contribution in [3.8, 4) is 17.1 Å². The van der Waals surface area contributed by atoms with Crippen LogP contribution in [0.25, 0.3) is 11.3 Å². The fourth-order valence-corrected chi connectivity index (χ4v) is 3.80. The highest BCUT2D eigenvalue weighted by Gasteiger charge is 2.34. The van der Waals surface area contributed by atoms with Gasteiger partial charge in [-0.15, -0.1) is 0 Å². The zero-order valence-corrected chi connectivity index (χ0v) is 18.6. The molecule has 3 heterocycles. The van der Waals surface area contributed by atoms with E-state index in [9.17, 15) is 14.0 Å². The Balaban J connectivity index is 1.42. The fraction of sp³-hybridized carbons (Fsp3) is 0.333. The van der Waals surface area contributed by atoms with Crippen LogP contribution >= 0.6 is 0 Å². The van der Waals surface area contributed by atoms with Gasteiger partial charge in [0.2, 0.25) is 11.8 Å². The lowest BCUT2D eigenvalue weighted by molar-refractivity contribution is -0.134. The minimum atomic E-state index is -1.42. The first kappa shape index (κ1) is 22.4. The SMILES string of the molecule is Cc1ccc(CC(=O)N2CC[C@H](Oc3ncc(-c4cn(C)cn4)cc3C(N)=O)[C@H](F)C2)cc1. The Morgan fingerprint density at radius 1 is 1.24 bits per heavy atom. The number of imidazole rings is 1. The number of halogens is 1. The third-order valence-electron chi connectivity index (χ3n) is 5.69. The van der Waals surface area contributed by atoms with Crippen molar-refractivity contribution in [2.75, 3.05) is 13.1 Å². The van der Waals surface area contributed by atoms with Crippen molar-refractivity contribution in [3.63, 3.8) is 0 Å². The number of carbonyl (C=O) groups excluding carboxylic acids is 2. The van der Waals surface area contributed by atoms with Gasteiger partial charge in [-0.1, -0.05) is 29.8 Å². The number of likely N-dealkylation sites (tertiary alicyclic amines) is 1. The summed E-state index contributed by atoms with van der Waals surface area (Å²) in [7, 11) is 1.83. The predicted molar refractivity (Wildman–Crippen MR) is 120 cm³/mol. The zero-order chi connectivity index (χ0) is 23.5. The summed E-state index contributed by atoms with van der Waals surface area (Å²) < 4.78 is 22.5. The van der Waals surface area contributed by atoms with E-state index in [0.29, 0.717) is 17.8 Å². The predicted octanol–water partition coefficient (Wildman–Crippen LogP) is 2.45. The lowest BCUT2D eigenvalue weighted by Gasteiger charge is -2.34. The molecule has 2 atom stereocenters. The summed E-state index contributed by atoms with van der Waals surface area (Å²) >= 11 is 0. The normalized spacial score (nSPS) is 18.2. The number of alkyl halides is 1. The van der Waals surface area contributed by atoms with Gasteiger partial charge in [0.05, 0.1) is 25.0 Å². The maximum atomic E-state index is 14.9. The Kier molecular flexibility index (Phi) is 6.39. The highest BCUT2D eigenvalue weighted by atomic mass is 19.1. The molecule has 0 radical (unpaired) electrons. The topological polar surface area (TPSA) is 103 Å². The molecule has 1 saturated heterocycles. The Labute approximate surface area is 191 Å². The summed E-state index contributed by atoms with van der Waals surface area (Å²) in [5.74, 6) is -0.874. The quantitative estimate of drug-likeness (QED) is 0.620. The van der Waals surface area contributed by atoms with Crippen LogP contribution in [0.1, 0.15) is 27.9 Å². The maximum absolute atomic E-state index is 14.9. The van der Waals surface area contributed by atoms with Gasteiger partial charge in [0.15, 0.2) is 6.17 Å². The molecule has 33 heavy (non-hydrogen) atoms. The Hall–Kier alpha value is -3.75. The number of piperidine rings is 1. The molecular weight excluding hydrogens is 425 g/mol. The molecule has 0 bridgehead atoms. The van der Waals surface area contributed by atoms with Crippen LogP contribution in [0.5, 0.6) is 5.88 Å². The number of hydrogen-bond donors (Lipinski definition) is 1. The number of primary amides is 1. The van der Waals surface area contributed by atoms with E-state index < -0.39 is 18.2 Å². The van der Waals surface area contributed by atoms with Crippen LogP contribution < -0.4 is 10.5 Å². The van der Waals surface area contributed by atoms with E-state index in [0.717, 1.165) is 11.1 Å². The number of rotatable bonds is 6. The molecule has 0 aliphatic carbocycles. The van der Waals surface area contributed by atoms with Gasteiger partial charge in [-0.2, -0.15) is 0 Å². The molecule has 0 unspecified atom stereocenters. The van der Waals surface area contributed by atoms with E-state index in [4.69, 9.17) is 10.5 Å². The first-order valence-corrected chi connectivity index (χ1v) is 10.7. The summed E-state index contributed by atoms with van der Waals surface area (Å²) in [6, 6.07) is 9.25. The largest absolute Gasteiger partial charge is 0.471 e. The summed E-state index contributed by atoms with van der Waals surface area (Å²) in [4.78, 5) is 34.6. The molecule has 1 fully saturated rings. The van der Waals surface area contributed by atoms with Crippen molar-refractivity contribution in [2.45, 2.75) is 32.0 Å². The minimum Gasteiger partial charge on any atom is -0.471 e. The number of nitrogens with two attached hydrogens (primary N) is 1. The number of benzene rings is 1. The molecule has 0 saturated carbocycles. The Morgan fingerprint density at radius 2 is 2.00 bits per heavy atom. The third-order valence-corrected chi connectivity index (χ3v) is 5.69. The van der Waals surface area contributed by atoms with Crippen molar-refractivity contribution in [2.24, 2.45) is 12.8 Å². The van der Waals surface area contributed by atoms with Crippen LogP contribution in [0.3, 0.4) is 0 Å². The third kappa shape index (κ3) is 5.19. The molecule has 1 aliphatic heterocycles. The first-order valence-electron chi connectivity index (χ1n) is 10.7. The second-order valence-corrected chi connectivity index (χ2v) is 8.33. The highest BCUT2D eigenvalue weighted by molar-refractivity contribution is 5.96. The van der Waals surface area contributed by atoms with Gasteiger partial charge in [-0.3, -0.25) is 9.59 Å². The van der Waals surface area contributed by atoms with Crippen LogP contribution in [-0.4, -0.2) is 56.6 Å². The molecule has 9 heteroatoms. The lowest BCUT2D eigenvalue weighted by atomic mass is 10.0. The minimum absolute atomic E-state index is 0.0192. The maximum Gasteiger partial charge on any atom is 0.254 e. The smallest absolute Gasteiger partial charge is 0.254 e. The van der Waals surface area contributed by atoms with Gasteiger partial charge in [0, 0.05) is 38.0 Å². The van der Waals surface area contributed by atoms with Gasteiger partial charge in [-0.05, 0) is 18.6 Å². The summed E-state index contributed by atoms with van der Waals surface area (Å²) in [6.07, 6.45) is 3.17. The summed E-state index contributed by atoms with van der Waals surface area (Å²) in [5.41, 5.74) is 8.81. The van der Waals surface area contributed by atoms with Crippen molar-refractivity contribution < 1.29 is 18.7 Å². The van der Waals surface area contributed by atoms with Crippen molar-refractivity contribution >= 4 is 11.8 Å². The number of aromatic nitrogens is 3. The number of ether oxygens (including phenoxy) is 1. The number of aryl methyl sites for hydroxylation is 2. The van der Waals surface area contributed by atoms with Gasteiger partial charge >= 0.3 is 0 Å². The van der Waals surface area contributed by atoms with Crippen molar-refractivity contribution in [3.05, 3.63) is 65.7 Å². The van der Waals surface area contributed by atoms with Gasteiger partial charge in [0.1, 0.15) is 11.7 Å². The lowest BCUT2D eigenvalue weighted by Crippen LogP contribution is -2.49. The van der Waals surface area contributed by atoms with Crippen LogP contribution in [0.4, 0.5) is 4.39 Å². The average Bonchev–Trinajstić information content (AvgIpc) is 3.23. The van der Waals surface area contributed by atoms with E-state index in [1.54, 1.807) is 23.2 Å². The molecule has 172 valence electrons. The number of carbonyl (C=O) groups is 2. The second-order valence-electron chi connectivity index (χ2n) is 8.33. The fourth-order valence-electron chi connectivity index (χ4n) is 3.80. The van der Waals surface area contributed by atoms with E-state index in [2.05, 4.69) is 9.97 Å². The van der Waals surface area contributed by atoms with E-state index in [1.165, 1.54) is 11.1 Å². The van der Waals surface area contributed by atoms with Crippen molar-refractivity contribution in [1.29, 1.82) is 0 Å². The number of amides is 2. The number of hydrogen-bond acceptors (Lipinski definition) is 5. The molecule has 2 aromatic heterocycles. The first-order chi connectivity index (χ1) is 15.8. The monoisotopic (exact) mass is 451 g/mol. The van der Waals surface area contributed by atoms with E-state index in [1.807, 2.05) is 38.2 Å². The molecule has 1 aromatic carbocycles. The Bertz CT molecular complexity index is 1160. The molecular formula is C24H26FN5O3. The molecule has 0 spiro atoms. The zero-order valence-electron chi connectivity index (χ0n) is 18.6. The highest BCUT2D eigenvalue weighted by Crippen LogP contribution is 2.26. The molecule has 8 nitrogen and oxygen atoms in total. The molecule has 2 amide bonds. The summed E-state index contributed by atoms with van der Waals surface area (Å²) in [5, 5.41) is 0. The van der Waals surface area contributed by atoms with Gasteiger partial charge in [-0.25, -0.2) is 14.4 Å².